The minimum atomic E-state index is -0.546. The van der Waals surface area contributed by atoms with Crippen LogP contribution >= 0.6 is 0 Å². The number of ether oxygens (including phenoxy) is 3. The molecule has 2 aliphatic heterocycles. The predicted octanol–water partition coefficient (Wildman–Crippen LogP) is 4.40. The van der Waals surface area contributed by atoms with Crippen molar-refractivity contribution in [3.8, 4) is 5.75 Å². The van der Waals surface area contributed by atoms with Crippen molar-refractivity contribution < 1.29 is 23.8 Å². The zero-order chi connectivity index (χ0) is 25.5. The number of alkyl carbamates (subject to hydrolysis) is 1. The van der Waals surface area contributed by atoms with Crippen LogP contribution in [0.1, 0.15) is 44.2 Å². The number of urea groups is 1. The van der Waals surface area contributed by atoms with E-state index in [0.29, 0.717) is 45.9 Å². The van der Waals surface area contributed by atoms with E-state index in [1.807, 2.05) is 73.0 Å². The van der Waals surface area contributed by atoms with Gasteiger partial charge in [0.2, 0.25) is 0 Å². The number of carbonyl (C=O) groups excluding carboxylic acids is 2. The third kappa shape index (κ3) is 7.37. The number of carbonyl (C=O) groups is 2. The molecular formula is C28H37N3O5. The van der Waals surface area contributed by atoms with Crippen molar-refractivity contribution in [1.29, 1.82) is 0 Å². The molecule has 194 valence electrons. The number of hydrogen-bond donors (Lipinski definition) is 1. The number of nitrogens with one attached hydrogen (secondary N) is 1. The van der Waals surface area contributed by atoms with Crippen molar-refractivity contribution in [2.75, 3.05) is 39.4 Å². The normalized spacial score (nSPS) is 20.5. The zero-order valence-electron chi connectivity index (χ0n) is 21.4. The lowest BCUT2D eigenvalue weighted by Gasteiger charge is -2.41. The van der Waals surface area contributed by atoms with Crippen LogP contribution in [0.25, 0.3) is 0 Å². The molecule has 0 aromatic heterocycles. The first-order valence-electron chi connectivity index (χ1n) is 12.7. The summed E-state index contributed by atoms with van der Waals surface area (Å²) in [7, 11) is 0. The first-order chi connectivity index (χ1) is 17.3. The van der Waals surface area contributed by atoms with Crippen LogP contribution in [0.3, 0.4) is 0 Å². The van der Waals surface area contributed by atoms with Gasteiger partial charge in [0.1, 0.15) is 17.5 Å². The zero-order valence-corrected chi connectivity index (χ0v) is 21.4. The Labute approximate surface area is 213 Å². The molecule has 36 heavy (non-hydrogen) atoms. The fraction of sp³-hybridized carbons (Fsp3) is 0.500. The highest BCUT2D eigenvalue weighted by atomic mass is 16.6. The Morgan fingerprint density at radius 2 is 1.75 bits per heavy atom. The van der Waals surface area contributed by atoms with Gasteiger partial charge in [-0.2, -0.15) is 0 Å². The summed E-state index contributed by atoms with van der Waals surface area (Å²) in [4.78, 5) is 29.1. The molecule has 4 rings (SSSR count). The standard InChI is InChI=1S/C28H37N3O5/c1-28(2,3)36-26(32)29-18-21-8-7-11-24(16-21)35-25-17-23(22-9-5-4-6-10-22)19-31(20-25)27(33)30-12-14-34-15-13-30/h4-11,16,23,25H,12-15,17-20H2,1-3H3,(H,29,32). The second kappa shape index (κ2) is 11.6. The Balaban J connectivity index is 1.43. The minimum Gasteiger partial charge on any atom is -0.489 e. The number of nitrogens with zero attached hydrogens (tertiary/aromatic N) is 2. The maximum Gasteiger partial charge on any atom is 0.407 e. The highest BCUT2D eigenvalue weighted by Crippen LogP contribution is 2.30. The Hall–Kier alpha value is -3.26. The number of morpholine rings is 1. The van der Waals surface area contributed by atoms with Crippen molar-refractivity contribution in [3.63, 3.8) is 0 Å². The van der Waals surface area contributed by atoms with Gasteiger partial charge in [0.25, 0.3) is 0 Å². The van der Waals surface area contributed by atoms with E-state index < -0.39 is 11.7 Å². The molecule has 0 saturated carbocycles. The van der Waals surface area contributed by atoms with E-state index in [-0.39, 0.29) is 18.1 Å². The van der Waals surface area contributed by atoms with Crippen molar-refractivity contribution >= 4 is 12.1 Å². The maximum absolute atomic E-state index is 13.3. The van der Waals surface area contributed by atoms with E-state index in [4.69, 9.17) is 14.2 Å². The molecule has 2 fully saturated rings. The molecular weight excluding hydrogens is 458 g/mol. The first-order valence-corrected chi connectivity index (χ1v) is 12.7. The molecule has 1 N–H and O–H groups in total. The Bertz CT molecular complexity index is 1020. The minimum absolute atomic E-state index is 0.0443. The van der Waals surface area contributed by atoms with Gasteiger partial charge in [-0.05, 0) is 50.5 Å². The van der Waals surface area contributed by atoms with Gasteiger partial charge in [-0.15, -0.1) is 0 Å². The third-order valence-electron chi connectivity index (χ3n) is 6.27. The summed E-state index contributed by atoms with van der Waals surface area (Å²) >= 11 is 0. The van der Waals surface area contributed by atoms with Crippen LogP contribution in [0, 0.1) is 0 Å². The summed E-state index contributed by atoms with van der Waals surface area (Å²) in [6.45, 7) is 9.42. The van der Waals surface area contributed by atoms with E-state index in [9.17, 15) is 9.59 Å². The van der Waals surface area contributed by atoms with Crippen molar-refractivity contribution in [2.24, 2.45) is 0 Å². The maximum atomic E-state index is 13.3. The molecule has 0 radical (unpaired) electrons. The number of rotatable bonds is 5. The second-order valence-electron chi connectivity index (χ2n) is 10.4. The highest BCUT2D eigenvalue weighted by molar-refractivity contribution is 5.75. The van der Waals surface area contributed by atoms with Crippen LogP contribution in [0.2, 0.25) is 0 Å². The van der Waals surface area contributed by atoms with Gasteiger partial charge in [-0.25, -0.2) is 9.59 Å². The molecule has 0 aliphatic carbocycles. The summed E-state index contributed by atoms with van der Waals surface area (Å²) in [5.74, 6) is 0.905. The average molecular weight is 496 g/mol. The van der Waals surface area contributed by atoms with Crippen LogP contribution in [-0.2, 0) is 16.0 Å². The lowest BCUT2D eigenvalue weighted by molar-refractivity contribution is 0.0303. The van der Waals surface area contributed by atoms with E-state index in [2.05, 4.69) is 17.4 Å². The predicted molar refractivity (Wildman–Crippen MR) is 137 cm³/mol. The van der Waals surface area contributed by atoms with Gasteiger partial charge in [-0.3, -0.25) is 0 Å². The summed E-state index contributed by atoms with van der Waals surface area (Å²) in [5, 5.41) is 2.79. The van der Waals surface area contributed by atoms with E-state index >= 15 is 0 Å². The van der Waals surface area contributed by atoms with E-state index in [1.54, 1.807) is 0 Å². The van der Waals surface area contributed by atoms with E-state index in [1.165, 1.54) is 5.56 Å². The number of benzene rings is 2. The molecule has 0 bridgehead atoms. The van der Waals surface area contributed by atoms with Gasteiger partial charge in [0, 0.05) is 32.1 Å². The summed E-state index contributed by atoms with van der Waals surface area (Å²) in [6, 6.07) is 18.1. The summed E-state index contributed by atoms with van der Waals surface area (Å²) in [5.41, 5.74) is 1.58. The third-order valence-corrected chi connectivity index (χ3v) is 6.27. The van der Waals surface area contributed by atoms with Crippen LogP contribution in [0.5, 0.6) is 5.75 Å². The molecule has 2 heterocycles. The van der Waals surface area contributed by atoms with Crippen LogP contribution in [-0.4, -0.2) is 73.0 Å². The van der Waals surface area contributed by atoms with Gasteiger partial charge in [-0.1, -0.05) is 42.5 Å². The van der Waals surface area contributed by atoms with Crippen LogP contribution < -0.4 is 10.1 Å². The monoisotopic (exact) mass is 495 g/mol. The largest absolute Gasteiger partial charge is 0.489 e. The molecule has 2 atom stereocenters. The quantitative estimate of drug-likeness (QED) is 0.665. The smallest absolute Gasteiger partial charge is 0.407 e. The Kier molecular flexibility index (Phi) is 8.36. The lowest BCUT2D eigenvalue weighted by atomic mass is 9.89. The first kappa shape index (κ1) is 25.8. The van der Waals surface area contributed by atoms with E-state index in [0.717, 1.165) is 17.7 Å². The van der Waals surface area contributed by atoms with Crippen molar-refractivity contribution in [1.82, 2.24) is 15.1 Å². The van der Waals surface area contributed by atoms with Gasteiger partial charge < -0.3 is 29.3 Å². The van der Waals surface area contributed by atoms with Crippen molar-refractivity contribution in [2.45, 2.75) is 51.4 Å². The van der Waals surface area contributed by atoms with Gasteiger partial charge in [0.15, 0.2) is 0 Å². The van der Waals surface area contributed by atoms with Gasteiger partial charge >= 0.3 is 12.1 Å². The fourth-order valence-corrected chi connectivity index (χ4v) is 4.63. The number of likely N-dealkylation sites (tertiary alicyclic amines) is 1. The number of hydrogen-bond acceptors (Lipinski definition) is 5. The lowest BCUT2D eigenvalue weighted by Crippen LogP contribution is -2.54. The molecule has 2 aromatic carbocycles. The van der Waals surface area contributed by atoms with Crippen LogP contribution in [0.4, 0.5) is 9.59 Å². The Morgan fingerprint density at radius 3 is 2.47 bits per heavy atom. The molecule has 8 heteroatoms. The fourth-order valence-electron chi connectivity index (χ4n) is 4.63. The van der Waals surface area contributed by atoms with Gasteiger partial charge in [0.05, 0.1) is 19.8 Å². The SMILES string of the molecule is CC(C)(C)OC(=O)NCc1cccc(OC2CC(c3ccccc3)CN(C(=O)N3CCOCC3)C2)c1. The molecule has 2 unspecified atom stereocenters. The van der Waals surface area contributed by atoms with Crippen LogP contribution in [0.15, 0.2) is 54.6 Å². The molecule has 2 aromatic rings. The summed E-state index contributed by atoms with van der Waals surface area (Å²) < 4.78 is 17.2. The Morgan fingerprint density at radius 1 is 1.00 bits per heavy atom. The second-order valence-corrected chi connectivity index (χ2v) is 10.4. The van der Waals surface area contributed by atoms with Crippen molar-refractivity contribution in [3.05, 3.63) is 65.7 Å². The summed E-state index contributed by atoms with van der Waals surface area (Å²) in [6.07, 6.45) is 0.212. The molecule has 2 aliphatic rings. The number of amides is 3. The molecule has 2 saturated heterocycles. The molecule has 8 nitrogen and oxygen atoms in total. The molecule has 0 spiro atoms. The highest BCUT2D eigenvalue weighted by Gasteiger charge is 2.34. The number of piperidine rings is 1. The molecule has 3 amide bonds. The average Bonchev–Trinajstić information content (AvgIpc) is 2.87. The topological polar surface area (TPSA) is 80.3 Å².